The van der Waals surface area contributed by atoms with Gasteiger partial charge >= 0.3 is 0 Å². The van der Waals surface area contributed by atoms with Crippen molar-refractivity contribution in [1.82, 2.24) is 0 Å². The van der Waals surface area contributed by atoms with E-state index in [0.717, 1.165) is 0 Å². The van der Waals surface area contributed by atoms with Gasteiger partial charge in [-0.3, -0.25) is 0 Å². The van der Waals surface area contributed by atoms with Gasteiger partial charge in [-0.05, 0) is 122 Å². The molecule has 0 saturated carbocycles. The van der Waals surface area contributed by atoms with Gasteiger partial charge in [0.2, 0.25) is 0 Å². The highest BCUT2D eigenvalue weighted by Gasteiger charge is 2.38. The highest BCUT2D eigenvalue weighted by Crippen LogP contribution is 2.56. The molecule has 0 bridgehead atoms. The maximum absolute atomic E-state index is 2.50. The van der Waals surface area contributed by atoms with Crippen molar-refractivity contribution in [3.63, 3.8) is 0 Å². The monoisotopic (exact) mass is 688 g/mol. The van der Waals surface area contributed by atoms with Crippen molar-refractivity contribution in [2.75, 3.05) is 0 Å². The van der Waals surface area contributed by atoms with Crippen LogP contribution in [0.1, 0.15) is 49.9 Å². The SMILES string of the molecule is CC1(C)c2ccccc2-c2ccc(-c3c4ccccc4c(-c4cccc5c4C(C)(C)c4ccccc4-5)c4ccc(-c5cccc6ccccc56)cc34)cc21. The molecule has 0 aromatic heterocycles. The Morgan fingerprint density at radius 2 is 0.815 bits per heavy atom. The van der Waals surface area contributed by atoms with E-state index in [1.54, 1.807) is 0 Å². The first kappa shape index (κ1) is 31.3. The fourth-order valence-electron chi connectivity index (χ4n) is 10.3. The molecular formula is C54H40. The van der Waals surface area contributed by atoms with Gasteiger partial charge in [-0.2, -0.15) is 0 Å². The predicted molar refractivity (Wildman–Crippen MR) is 230 cm³/mol. The highest BCUT2D eigenvalue weighted by molar-refractivity contribution is 6.23. The van der Waals surface area contributed by atoms with Gasteiger partial charge in [0.25, 0.3) is 0 Å². The molecule has 0 heterocycles. The molecule has 9 aromatic carbocycles. The smallest absolute Gasteiger partial charge is 0.0165 e. The molecule has 0 unspecified atom stereocenters. The van der Waals surface area contributed by atoms with Gasteiger partial charge in [-0.15, -0.1) is 0 Å². The van der Waals surface area contributed by atoms with Crippen LogP contribution in [0.3, 0.4) is 0 Å². The summed E-state index contributed by atoms with van der Waals surface area (Å²) in [7, 11) is 0. The van der Waals surface area contributed by atoms with Gasteiger partial charge in [0.15, 0.2) is 0 Å². The van der Waals surface area contributed by atoms with E-state index in [9.17, 15) is 0 Å². The fourth-order valence-corrected chi connectivity index (χ4v) is 10.3. The molecule has 0 radical (unpaired) electrons. The zero-order chi connectivity index (χ0) is 36.3. The third-order valence-corrected chi connectivity index (χ3v) is 12.8. The fraction of sp³-hybridized carbons (Fsp3) is 0.111. The van der Waals surface area contributed by atoms with Crippen molar-refractivity contribution in [3.05, 3.63) is 192 Å². The minimum Gasteiger partial charge on any atom is -0.0619 e. The van der Waals surface area contributed by atoms with Crippen LogP contribution in [-0.2, 0) is 10.8 Å². The Morgan fingerprint density at radius 3 is 1.61 bits per heavy atom. The quantitative estimate of drug-likeness (QED) is 0.162. The average Bonchev–Trinajstić information content (AvgIpc) is 3.59. The van der Waals surface area contributed by atoms with Gasteiger partial charge in [-0.25, -0.2) is 0 Å². The summed E-state index contributed by atoms with van der Waals surface area (Å²) in [5.41, 5.74) is 18.5. The van der Waals surface area contributed by atoms with Crippen LogP contribution in [0.4, 0.5) is 0 Å². The Balaban J connectivity index is 1.26. The van der Waals surface area contributed by atoms with Crippen LogP contribution in [0.2, 0.25) is 0 Å². The second kappa shape index (κ2) is 11.1. The Hall–Kier alpha value is -6.24. The Bertz CT molecular complexity index is 3040. The lowest BCUT2D eigenvalue weighted by Crippen LogP contribution is -2.16. The van der Waals surface area contributed by atoms with E-state index in [4.69, 9.17) is 0 Å². The molecule has 0 aliphatic heterocycles. The highest BCUT2D eigenvalue weighted by atomic mass is 14.4. The van der Waals surface area contributed by atoms with Gasteiger partial charge in [-0.1, -0.05) is 185 Å². The second-order valence-corrected chi connectivity index (χ2v) is 16.4. The molecule has 54 heavy (non-hydrogen) atoms. The van der Waals surface area contributed by atoms with Gasteiger partial charge < -0.3 is 0 Å². The normalized spacial score (nSPS) is 14.6. The van der Waals surface area contributed by atoms with Crippen LogP contribution in [0.25, 0.3) is 88.0 Å². The van der Waals surface area contributed by atoms with Crippen molar-refractivity contribution in [2.24, 2.45) is 0 Å². The maximum atomic E-state index is 2.50. The van der Waals surface area contributed by atoms with E-state index < -0.39 is 0 Å². The molecule has 2 aliphatic rings. The van der Waals surface area contributed by atoms with E-state index in [2.05, 4.69) is 198 Å². The molecule has 0 fully saturated rings. The van der Waals surface area contributed by atoms with Gasteiger partial charge in [0.1, 0.15) is 0 Å². The lowest BCUT2D eigenvalue weighted by molar-refractivity contribution is 0.660. The van der Waals surface area contributed by atoms with Crippen LogP contribution in [-0.4, -0.2) is 0 Å². The Kier molecular flexibility index (Phi) is 6.46. The zero-order valence-corrected chi connectivity index (χ0v) is 31.2. The first-order chi connectivity index (χ1) is 26.3. The van der Waals surface area contributed by atoms with E-state index in [-0.39, 0.29) is 10.8 Å². The number of benzene rings is 9. The molecule has 0 heteroatoms. The van der Waals surface area contributed by atoms with Crippen molar-refractivity contribution in [2.45, 2.75) is 38.5 Å². The summed E-state index contributed by atoms with van der Waals surface area (Å²) in [6.45, 7) is 9.58. The van der Waals surface area contributed by atoms with Crippen LogP contribution < -0.4 is 0 Å². The van der Waals surface area contributed by atoms with E-state index in [0.29, 0.717) is 0 Å². The minimum atomic E-state index is -0.141. The molecule has 2 aliphatic carbocycles. The average molecular weight is 689 g/mol. The van der Waals surface area contributed by atoms with Crippen LogP contribution in [0.15, 0.2) is 170 Å². The van der Waals surface area contributed by atoms with Crippen molar-refractivity contribution >= 4 is 32.3 Å². The molecule has 0 amide bonds. The largest absolute Gasteiger partial charge is 0.0619 e. The number of hydrogen-bond acceptors (Lipinski definition) is 0. The Labute approximate surface area is 317 Å². The van der Waals surface area contributed by atoms with Crippen LogP contribution >= 0.6 is 0 Å². The van der Waals surface area contributed by atoms with Crippen LogP contribution in [0, 0.1) is 0 Å². The third kappa shape index (κ3) is 4.20. The summed E-state index contributed by atoms with van der Waals surface area (Å²) in [5, 5.41) is 7.69. The van der Waals surface area contributed by atoms with Gasteiger partial charge in [0, 0.05) is 10.8 Å². The number of hydrogen-bond donors (Lipinski definition) is 0. The molecule has 11 rings (SSSR count). The molecule has 0 saturated heterocycles. The minimum absolute atomic E-state index is 0.0905. The summed E-state index contributed by atoms with van der Waals surface area (Å²) in [4.78, 5) is 0. The lowest BCUT2D eigenvalue weighted by atomic mass is 9.76. The third-order valence-electron chi connectivity index (χ3n) is 12.8. The molecule has 0 spiro atoms. The summed E-state index contributed by atoms with van der Waals surface area (Å²) in [5.74, 6) is 0. The van der Waals surface area contributed by atoms with Crippen molar-refractivity contribution in [1.29, 1.82) is 0 Å². The first-order valence-corrected chi connectivity index (χ1v) is 19.3. The van der Waals surface area contributed by atoms with Crippen LogP contribution in [0.5, 0.6) is 0 Å². The molecule has 0 N–H and O–H groups in total. The zero-order valence-electron chi connectivity index (χ0n) is 31.2. The topological polar surface area (TPSA) is 0 Å². The number of rotatable bonds is 3. The summed E-state index contributed by atoms with van der Waals surface area (Å²) in [6, 6.07) is 64.1. The van der Waals surface area contributed by atoms with Gasteiger partial charge in [0.05, 0.1) is 0 Å². The van der Waals surface area contributed by atoms with E-state index in [1.165, 1.54) is 110 Å². The second-order valence-electron chi connectivity index (χ2n) is 16.4. The summed E-state index contributed by atoms with van der Waals surface area (Å²) < 4.78 is 0. The van der Waals surface area contributed by atoms with Crippen molar-refractivity contribution < 1.29 is 0 Å². The molecule has 0 atom stereocenters. The summed E-state index contributed by atoms with van der Waals surface area (Å²) in [6.07, 6.45) is 0. The molecule has 0 nitrogen and oxygen atoms in total. The first-order valence-electron chi connectivity index (χ1n) is 19.3. The maximum Gasteiger partial charge on any atom is 0.0165 e. The molecular weight excluding hydrogens is 649 g/mol. The molecule has 9 aromatic rings. The standard InChI is InChI=1S/C54H40/c1-53(2)47-25-11-9-18-38(47)40-29-28-35(32-49(40)53)50-41-20-7-8-21-42(41)51(45-24-14-23-44-39-19-10-12-26-48(39)54(3,4)52(44)45)43-30-27-34(31-46(43)50)37-22-13-16-33-15-5-6-17-36(33)37/h5-32H,1-4H3. The van der Waals surface area contributed by atoms with E-state index in [1.807, 2.05) is 0 Å². The number of fused-ring (bicyclic) bond motifs is 9. The van der Waals surface area contributed by atoms with Crippen molar-refractivity contribution in [3.8, 4) is 55.6 Å². The molecule has 256 valence electrons. The lowest BCUT2D eigenvalue weighted by Gasteiger charge is -2.27. The predicted octanol–water partition coefficient (Wildman–Crippen LogP) is 14.8. The Morgan fingerprint density at radius 1 is 0.296 bits per heavy atom. The summed E-state index contributed by atoms with van der Waals surface area (Å²) >= 11 is 0. The van der Waals surface area contributed by atoms with E-state index >= 15 is 0 Å².